The molecule has 5 nitrogen and oxygen atoms in total. The number of aryl methyl sites for hydroxylation is 1. The number of alkyl halides is 4. The van der Waals surface area contributed by atoms with Gasteiger partial charge in [0.1, 0.15) is 0 Å². The minimum Gasteiger partial charge on any atom is -0.477 e. The summed E-state index contributed by atoms with van der Waals surface area (Å²) in [6, 6.07) is 6.37. The maximum Gasteiger partial charge on any atom is 0.411 e. The van der Waals surface area contributed by atoms with E-state index < -0.39 is 23.6 Å². The number of rotatable bonds is 4. The monoisotopic (exact) mass is 303 g/mol. The van der Waals surface area contributed by atoms with Crippen molar-refractivity contribution in [1.82, 2.24) is 15.2 Å². The van der Waals surface area contributed by atoms with Crippen LogP contribution in [0, 0.1) is 6.92 Å². The molecular weight excluding hydrogens is 294 g/mol. The van der Waals surface area contributed by atoms with Gasteiger partial charge in [0.05, 0.1) is 0 Å². The first kappa shape index (κ1) is 14.9. The zero-order valence-electron chi connectivity index (χ0n) is 10.6. The second-order valence-corrected chi connectivity index (χ2v) is 4.33. The number of carbonyl (C=O) groups is 1. The van der Waals surface area contributed by atoms with Gasteiger partial charge in [0.25, 0.3) is 0 Å². The first-order valence-corrected chi connectivity index (χ1v) is 5.65. The summed E-state index contributed by atoms with van der Waals surface area (Å²) in [7, 11) is 0. The summed E-state index contributed by atoms with van der Waals surface area (Å²) >= 11 is 0. The minimum atomic E-state index is -5.29. The van der Waals surface area contributed by atoms with E-state index in [9.17, 15) is 22.4 Å². The van der Waals surface area contributed by atoms with Gasteiger partial charge < -0.3 is 5.11 Å². The molecule has 0 radical (unpaired) electrons. The van der Waals surface area contributed by atoms with Crippen LogP contribution in [0.3, 0.4) is 0 Å². The van der Waals surface area contributed by atoms with E-state index >= 15 is 0 Å². The van der Waals surface area contributed by atoms with E-state index in [1.54, 1.807) is 24.2 Å². The van der Waals surface area contributed by atoms with E-state index in [0.29, 0.717) is 5.56 Å². The Bertz CT molecular complexity index is 667. The highest BCUT2D eigenvalue weighted by atomic mass is 19.3. The van der Waals surface area contributed by atoms with Crippen LogP contribution in [-0.4, -0.2) is 32.2 Å². The average Bonchev–Trinajstić information content (AvgIpc) is 2.89. The summed E-state index contributed by atoms with van der Waals surface area (Å²) < 4.78 is 53.1. The molecule has 0 unspecified atom stereocenters. The number of benzene rings is 1. The molecule has 1 aromatic heterocycles. The number of aromatic nitrogens is 3. The Hall–Kier alpha value is -2.45. The number of carboxylic acids is 1. The predicted octanol–water partition coefficient (Wildman–Crippen LogP) is 2.59. The van der Waals surface area contributed by atoms with Crippen LogP contribution in [0.5, 0.6) is 0 Å². The number of hydrogen-bond donors (Lipinski definition) is 2. The highest BCUT2D eigenvalue weighted by Gasteiger charge is 2.65. The third-order valence-electron chi connectivity index (χ3n) is 2.76. The largest absolute Gasteiger partial charge is 0.477 e. The lowest BCUT2D eigenvalue weighted by atomic mass is 10.1. The lowest BCUT2D eigenvalue weighted by molar-refractivity contribution is -0.231. The molecule has 0 fully saturated rings. The first-order chi connectivity index (χ1) is 9.66. The Balaban J connectivity index is 2.40. The molecule has 1 heterocycles. The van der Waals surface area contributed by atoms with Crippen LogP contribution in [0.15, 0.2) is 24.3 Å². The third-order valence-corrected chi connectivity index (χ3v) is 2.76. The molecule has 0 aliphatic carbocycles. The van der Waals surface area contributed by atoms with Crippen LogP contribution >= 0.6 is 0 Å². The second-order valence-electron chi connectivity index (χ2n) is 4.33. The fourth-order valence-corrected chi connectivity index (χ4v) is 1.52. The van der Waals surface area contributed by atoms with Crippen LogP contribution in [0.4, 0.5) is 17.6 Å². The first-order valence-electron chi connectivity index (χ1n) is 5.65. The molecule has 0 spiro atoms. The van der Waals surface area contributed by atoms with Crippen molar-refractivity contribution in [3.63, 3.8) is 0 Å². The molecule has 0 bridgehead atoms. The number of H-pyrrole nitrogens is 1. The molecule has 0 saturated carbocycles. The fourth-order valence-electron chi connectivity index (χ4n) is 1.52. The van der Waals surface area contributed by atoms with E-state index in [4.69, 9.17) is 5.11 Å². The van der Waals surface area contributed by atoms with Crippen molar-refractivity contribution in [1.29, 1.82) is 0 Å². The summed E-state index contributed by atoms with van der Waals surface area (Å²) in [6.45, 7) is 1.80. The third kappa shape index (κ3) is 2.46. The standard InChI is InChI=1S/C12H9F4N3O2/c1-6-2-4-7(5-3-6)8-17-9(19-18-8)11(13,14)12(15,16)10(20)21/h2-5H,1H3,(H,20,21)(H,17,18,19). The molecule has 112 valence electrons. The van der Waals surface area contributed by atoms with Gasteiger partial charge in [0.2, 0.25) is 5.82 Å². The molecule has 0 aliphatic heterocycles. The molecule has 0 amide bonds. The van der Waals surface area contributed by atoms with E-state index in [0.717, 1.165) is 5.56 Å². The van der Waals surface area contributed by atoms with Crippen molar-refractivity contribution < 1.29 is 27.5 Å². The van der Waals surface area contributed by atoms with Crippen LogP contribution < -0.4 is 0 Å². The maximum absolute atomic E-state index is 13.5. The minimum absolute atomic E-state index is 0.231. The van der Waals surface area contributed by atoms with Gasteiger partial charge in [0.15, 0.2) is 5.82 Å². The topological polar surface area (TPSA) is 78.9 Å². The molecule has 0 saturated heterocycles. The van der Waals surface area contributed by atoms with Gasteiger partial charge >= 0.3 is 17.8 Å². The summed E-state index contributed by atoms with van der Waals surface area (Å²) in [5.74, 6) is -15.0. The van der Waals surface area contributed by atoms with Gasteiger partial charge in [-0.05, 0) is 6.92 Å². The molecule has 2 aromatic rings. The highest BCUT2D eigenvalue weighted by molar-refractivity contribution is 5.76. The van der Waals surface area contributed by atoms with Crippen molar-refractivity contribution in [2.24, 2.45) is 0 Å². The number of carboxylic acid groups (broad SMARTS) is 1. The zero-order chi connectivity index (χ0) is 15.8. The number of aromatic amines is 1. The quantitative estimate of drug-likeness (QED) is 0.851. The molecule has 2 rings (SSSR count). The normalized spacial score (nSPS) is 12.4. The van der Waals surface area contributed by atoms with E-state index in [-0.39, 0.29) is 5.82 Å². The Kier molecular flexibility index (Phi) is 3.44. The van der Waals surface area contributed by atoms with E-state index in [2.05, 4.69) is 10.1 Å². The van der Waals surface area contributed by atoms with E-state index in [1.807, 2.05) is 0 Å². The Morgan fingerprint density at radius 3 is 2.29 bits per heavy atom. The van der Waals surface area contributed by atoms with Crippen molar-refractivity contribution in [2.45, 2.75) is 18.8 Å². The molecular formula is C12H9F4N3O2. The summed E-state index contributed by atoms with van der Waals surface area (Å²) in [5, 5.41) is 13.3. The molecule has 2 N–H and O–H groups in total. The van der Waals surface area contributed by atoms with Crippen LogP contribution in [0.1, 0.15) is 11.4 Å². The smallest absolute Gasteiger partial charge is 0.411 e. The molecule has 1 aromatic carbocycles. The van der Waals surface area contributed by atoms with Gasteiger partial charge in [-0.25, -0.2) is 9.78 Å². The van der Waals surface area contributed by atoms with Gasteiger partial charge in [-0.2, -0.15) is 22.7 Å². The Morgan fingerprint density at radius 1 is 1.19 bits per heavy atom. The molecule has 9 heteroatoms. The van der Waals surface area contributed by atoms with Gasteiger partial charge in [-0.15, -0.1) is 0 Å². The molecule has 21 heavy (non-hydrogen) atoms. The number of nitrogens with zero attached hydrogens (tertiary/aromatic N) is 2. The number of hydrogen-bond acceptors (Lipinski definition) is 3. The lowest BCUT2D eigenvalue weighted by Gasteiger charge is -2.20. The van der Waals surface area contributed by atoms with Crippen molar-refractivity contribution in [2.75, 3.05) is 0 Å². The second kappa shape index (κ2) is 4.83. The Labute approximate surface area is 115 Å². The van der Waals surface area contributed by atoms with Gasteiger partial charge in [-0.3, -0.25) is 5.10 Å². The maximum atomic E-state index is 13.5. The lowest BCUT2D eigenvalue weighted by Crippen LogP contribution is -2.45. The fraction of sp³-hybridized carbons (Fsp3) is 0.250. The number of aliphatic carboxylic acids is 1. The van der Waals surface area contributed by atoms with Crippen molar-refractivity contribution >= 4 is 5.97 Å². The zero-order valence-corrected chi connectivity index (χ0v) is 10.6. The summed E-state index contributed by atoms with van der Waals surface area (Å²) in [4.78, 5) is 13.5. The van der Waals surface area contributed by atoms with Crippen LogP contribution in [-0.2, 0) is 10.7 Å². The van der Waals surface area contributed by atoms with Crippen molar-refractivity contribution in [3.05, 3.63) is 35.7 Å². The number of halogens is 4. The van der Waals surface area contributed by atoms with Crippen LogP contribution in [0.25, 0.3) is 11.4 Å². The molecule has 0 aliphatic rings. The van der Waals surface area contributed by atoms with Gasteiger partial charge in [-0.1, -0.05) is 29.8 Å². The number of nitrogens with one attached hydrogen (secondary N) is 1. The van der Waals surface area contributed by atoms with Gasteiger partial charge in [0, 0.05) is 5.56 Å². The predicted molar refractivity (Wildman–Crippen MR) is 63.0 cm³/mol. The highest BCUT2D eigenvalue weighted by Crippen LogP contribution is 2.41. The van der Waals surface area contributed by atoms with E-state index in [1.165, 1.54) is 12.1 Å². The van der Waals surface area contributed by atoms with Crippen molar-refractivity contribution in [3.8, 4) is 11.4 Å². The van der Waals surface area contributed by atoms with Crippen LogP contribution in [0.2, 0.25) is 0 Å². The average molecular weight is 303 g/mol. The SMILES string of the molecule is Cc1ccc(-c2n[nH]c(C(F)(F)C(F)(F)C(=O)O)n2)cc1. The summed E-state index contributed by atoms with van der Waals surface area (Å²) in [5.41, 5.74) is 1.23. The Morgan fingerprint density at radius 2 is 1.76 bits per heavy atom. The summed E-state index contributed by atoms with van der Waals surface area (Å²) in [6.07, 6.45) is 0. The molecule has 0 atom stereocenters.